The molecular formula is C19H20F3NO2. The van der Waals surface area contributed by atoms with Crippen molar-refractivity contribution in [3.63, 3.8) is 0 Å². The van der Waals surface area contributed by atoms with Gasteiger partial charge in [0, 0.05) is 18.5 Å². The zero-order chi connectivity index (χ0) is 18.3. The van der Waals surface area contributed by atoms with Gasteiger partial charge in [0.2, 0.25) is 0 Å². The first-order valence-electron chi connectivity index (χ1n) is 7.97. The van der Waals surface area contributed by atoms with Gasteiger partial charge in [-0.2, -0.15) is 0 Å². The minimum absolute atomic E-state index is 0.303. The third-order valence-corrected chi connectivity index (χ3v) is 4.81. The Hall–Kier alpha value is -2.05. The number of benzene rings is 2. The molecule has 1 N–H and O–H groups in total. The minimum Gasteiger partial charge on any atom is -0.406 e. The van der Waals surface area contributed by atoms with Gasteiger partial charge < -0.3 is 14.7 Å². The summed E-state index contributed by atoms with van der Waals surface area (Å²) >= 11 is 0. The summed E-state index contributed by atoms with van der Waals surface area (Å²) in [5, 5.41) is 11.7. The van der Waals surface area contributed by atoms with Crippen LogP contribution >= 0.6 is 0 Å². The molecule has 1 fully saturated rings. The summed E-state index contributed by atoms with van der Waals surface area (Å²) in [5.74, 6) is -0.303. The van der Waals surface area contributed by atoms with E-state index in [2.05, 4.69) is 9.64 Å². The Balaban J connectivity index is 2.01. The van der Waals surface area contributed by atoms with Crippen LogP contribution in [0.2, 0.25) is 0 Å². The van der Waals surface area contributed by atoms with Crippen LogP contribution in [-0.4, -0.2) is 36.5 Å². The molecule has 1 atom stereocenters. The van der Waals surface area contributed by atoms with E-state index >= 15 is 0 Å². The summed E-state index contributed by atoms with van der Waals surface area (Å²) in [6, 6.07) is 14.7. The highest BCUT2D eigenvalue weighted by Crippen LogP contribution is 2.50. The number of hydrogen-bond acceptors (Lipinski definition) is 3. The summed E-state index contributed by atoms with van der Waals surface area (Å²) in [6.07, 6.45) is -4.74. The van der Waals surface area contributed by atoms with Crippen LogP contribution in [0.3, 0.4) is 0 Å². The second kappa shape index (κ2) is 6.04. The maximum atomic E-state index is 12.4. The van der Waals surface area contributed by atoms with E-state index in [-0.39, 0.29) is 5.75 Å². The van der Waals surface area contributed by atoms with Crippen LogP contribution in [0.15, 0.2) is 54.6 Å². The maximum Gasteiger partial charge on any atom is 0.573 e. The first kappa shape index (κ1) is 17.8. The zero-order valence-electron chi connectivity index (χ0n) is 14.0. The highest BCUT2D eigenvalue weighted by Gasteiger charge is 2.55. The molecule has 1 unspecified atom stereocenters. The minimum atomic E-state index is -4.74. The van der Waals surface area contributed by atoms with E-state index in [1.54, 1.807) is 0 Å². The van der Waals surface area contributed by atoms with Crippen molar-refractivity contribution in [2.45, 2.75) is 18.9 Å². The molecule has 1 aliphatic rings. The molecule has 0 radical (unpaired) electrons. The molecule has 6 heteroatoms. The predicted octanol–water partition coefficient (Wildman–Crippen LogP) is 3.77. The van der Waals surface area contributed by atoms with Crippen molar-refractivity contribution < 1.29 is 23.0 Å². The molecule has 0 spiro atoms. The zero-order valence-corrected chi connectivity index (χ0v) is 14.0. The lowest BCUT2D eigenvalue weighted by Crippen LogP contribution is -2.63. The largest absolute Gasteiger partial charge is 0.573 e. The molecule has 0 saturated carbocycles. The van der Waals surface area contributed by atoms with Gasteiger partial charge in [-0.25, -0.2) is 0 Å². The monoisotopic (exact) mass is 351 g/mol. The lowest BCUT2D eigenvalue weighted by Gasteiger charge is -2.56. The van der Waals surface area contributed by atoms with Crippen LogP contribution in [0, 0.1) is 5.41 Å². The number of rotatable bonds is 4. The average molecular weight is 351 g/mol. The van der Waals surface area contributed by atoms with Crippen molar-refractivity contribution in [2.75, 3.05) is 20.1 Å². The van der Waals surface area contributed by atoms with Gasteiger partial charge in [-0.1, -0.05) is 49.4 Å². The Kier molecular flexibility index (Phi) is 4.29. The number of nitrogens with zero attached hydrogens (tertiary/aromatic N) is 1. The molecule has 0 bridgehead atoms. The molecule has 3 rings (SSSR count). The van der Waals surface area contributed by atoms with E-state index in [1.807, 2.05) is 44.3 Å². The molecule has 25 heavy (non-hydrogen) atoms. The maximum absolute atomic E-state index is 12.4. The van der Waals surface area contributed by atoms with Crippen molar-refractivity contribution in [2.24, 2.45) is 5.41 Å². The molecule has 134 valence electrons. The molecular weight excluding hydrogens is 331 g/mol. The van der Waals surface area contributed by atoms with Crippen molar-refractivity contribution in [1.82, 2.24) is 4.90 Å². The second-order valence-electron chi connectivity index (χ2n) is 6.88. The summed E-state index contributed by atoms with van der Waals surface area (Å²) < 4.78 is 41.0. The van der Waals surface area contributed by atoms with Crippen molar-refractivity contribution in [1.29, 1.82) is 0 Å². The normalized spacial score (nSPS) is 19.8. The fourth-order valence-electron chi connectivity index (χ4n) is 3.81. The van der Waals surface area contributed by atoms with Crippen molar-refractivity contribution >= 4 is 0 Å². The quantitative estimate of drug-likeness (QED) is 0.910. The van der Waals surface area contributed by atoms with Gasteiger partial charge in [-0.3, -0.25) is 0 Å². The molecule has 1 aliphatic heterocycles. The molecule has 1 heterocycles. The van der Waals surface area contributed by atoms with E-state index < -0.39 is 17.4 Å². The number of hydrogen-bond donors (Lipinski definition) is 1. The van der Waals surface area contributed by atoms with Crippen LogP contribution in [0.1, 0.15) is 18.1 Å². The number of likely N-dealkylation sites (tertiary alicyclic amines) is 1. The van der Waals surface area contributed by atoms with E-state index in [0.29, 0.717) is 18.7 Å². The Morgan fingerprint density at radius 1 is 0.960 bits per heavy atom. The fraction of sp³-hybridized carbons (Fsp3) is 0.368. The molecule has 2 aromatic carbocycles. The lowest BCUT2D eigenvalue weighted by atomic mass is 9.62. The van der Waals surface area contributed by atoms with E-state index in [4.69, 9.17) is 0 Å². The van der Waals surface area contributed by atoms with Gasteiger partial charge in [0.15, 0.2) is 0 Å². The molecule has 2 aromatic rings. The molecule has 0 aliphatic carbocycles. The highest BCUT2D eigenvalue weighted by molar-refractivity contribution is 5.42. The van der Waals surface area contributed by atoms with E-state index in [9.17, 15) is 18.3 Å². The first-order valence-corrected chi connectivity index (χ1v) is 7.97. The number of halogens is 3. The smallest absolute Gasteiger partial charge is 0.406 e. The van der Waals surface area contributed by atoms with Gasteiger partial charge in [-0.05, 0) is 30.3 Å². The van der Waals surface area contributed by atoms with Crippen molar-refractivity contribution in [3.05, 3.63) is 65.7 Å². The van der Waals surface area contributed by atoms with E-state index in [0.717, 1.165) is 5.56 Å². The molecule has 1 saturated heterocycles. The fourth-order valence-corrected chi connectivity index (χ4v) is 3.81. The Labute approximate surface area is 144 Å². The van der Waals surface area contributed by atoms with Crippen LogP contribution in [0.5, 0.6) is 5.75 Å². The van der Waals surface area contributed by atoms with Gasteiger partial charge in [0.1, 0.15) is 11.4 Å². The van der Waals surface area contributed by atoms with Gasteiger partial charge >= 0.3 is 6.36 Å². The molecule has 3 nitrogen and oxygen atoms in total. The average Bonchev–Trinajstić information content (AvgIpc) is 2.53. The van der Waals surface area contributed by atoms with Crippen LogP contribution < -0.4 is 4.74 Å². The number of ether oxygens (including phenoxy) is 1. The van der Waals surface area contributed by atoms with Gasteiger partial charge in [-0.15, -0.1) is 13.2 Å². The Bertz CT molecular complexity index is 725. The van der Waals surface area contributed by atoms with Crippen LogP contribution in [-0.2, 0) is 5.60 Å². The Morgan fingerprint density at radius 3 is 1.96 bits per heavy atom. The molecule has 0 aromatic heterocycles. The summed E-state index contributed by atoms with van der Waals surface area (Å²) in [4.78, 5) is 2.09. The molecule has 0 amide bonds. The number of alkyl halides is 3. The Morgan fingerprint density at radius 2 is 1.48 bits per heavy atom. The van der Waals surface area contributed by atoms with Gasteiger partial charge in [0.05, 0.1) is 0 Å². The van der Waals surface area contributed by atoms with Gasteiger partial charge in [0.25, 0.3) is 0 Å². The number of aliphatic hydroxyl groups is 1. The highest BCUT2D eigenvalue weighted by atomic mass is 19.4. The third kappa shape index (κ3) is 3.24. The standard InChI is InChI=1S/C19H20F3NO2/c1-17(12-23(2)13-17)18(24,14-6-4-3-5-7-14)15-8-10-16(11-9-15)25-19(20,21)22/h3-11,24H,12-13H2,1-2H3. The summed E-state index contributed by atoms with van der Waals surface area (Å²) in [5.41, 5.74) is -0.494. The second-order valence-corrected chi connectivity index (χ2v) is 6.88. The third-order valence-electron chi connectivity index (χ3n) is 4.81. The lowest BCUT2D eigenvalue weighted by molar-refractivity contribution is -0.274. The summed E-state index contributed by atoms with van der Waals surface area (Å²) in [6.45, 7) is 3.35. The van der Waals surface area contributed by atoms with Crippen LogP contribution in [0.25, 0.3) is 0 Å². The predicted molar refractivity (Wildman–Crippen MR) is 88.2 cm³/mol. The summed E-state index contributed by atoms with van der Waals surface area (Å²) in [7, 11) is 1.97. The van der Waals surface area contributed by atoms with E-state index in [1.165, 1.54) is 24.3 Å². The topological polar surface area (TPSA) is 32.7 Å². The van der Waals surface area contributed by atoms with Crippen molar-refractivity contribution in [3.8, 4) is 5.75 Å². The first-order chi connectivity index (χ1) is 11.6. The van der Waals surface area contributed by atoms with Crippen LogP contribution in [0.4, 0.5) is 13.2 Å². The SMILES string of the molecule is CN1CC(C)(C(O)(c2ccccc2)c2ccc(OC(F)(F)F)cc2)C1.